The fourth-order valence-electron chi connectivity index (χ4n) is 1.53. The third-order valence-corrected chi connectivity index (χ3v) is 3.53. The molecule has 0 aliphatic carbocycles. The zero-order valence-corrected chi connectivity index (χ0v) is 12.1. The second-order valence-electron chi connectivity index (χ2n) is 4.16. The van der Waals surface area contributed by atoms with E-state index in [2.05, 4.69) is 26.2 Å². The topological polar surface area (TPSA) is 79.3 Å². The SMILES string of the molecule is Cc1ccc(NC(=O)c2ccc(C(=O)O)nc2)cc1Br. The van der Waals surface area contributed by atoms with E-state index < -0.39 is 5.97 Å². The standard InChI is InChI=1S/C14H11BrN2O3/c1-8-2-4-10(6-11(8)15)17-13(18)9-3-5-12(14(19)20)16-7-9/h2-7H,1H3,(H,17,18)(H,19,20). The van der Waals surface area contributed by atoms with Crippen LogP contribution in [0, 0.1) is 6.92 Å². The second-order valence-corrected chi connectivity index (χ2v) is 5.01. The number of nitrogens with zero attached hydrogens (tertiary/aromatic N) is 1. The zero-order valence-electron chi connectivity index (χ0n) is 10.6. The second kappa shape index (κ2) is 5.83. The van der Waals surface area contributed by atoms with Crippen LogP contribution in [0.2, 0.25) is 0 Å². The quantitative estimate of drug-likeness (QED) is 0.903. The van der Waals surface area contributed by atoms with Gasteiger partial charge in [0, 0.05) is 16.4 Å². The minimum absolute atomic E-state index is 0.0976. The van der Waals surface area contributed by atoms with E-state index >= 15 is 0 Å². The third kappa shape index (κ3) is 3.21. The Balaban J connectivity index is 2.15. The number of amides is 1. The van der Waals surface area contributed by atoms with Crippen LogP contribution in [0.15, 0.2) is 41.0 Å². The van der Waals surface area contributed by atoms with Crippen molar-refractivity contribution in [3.05, 3.63) is 57.8 Å². The van der Waals surface area contributed by atoms with Crippen molar-refractivity contribution in [3.8, 4) is 0 Å². The molecule has 2 N–H and O–H groups in total. The normalized spacial score (nSPS) is 10.1. The lowest BCUT2D eigenvalue weighted by Gasteiger charge is -2.07. The van der Waals surface area contributed by atoms with Gasteiger partial charge in [0.25, 0.3) is 5.91 Å². The summed E-state index contributed by atoms with van der Waals surface area (Å²) < 4.78 is 0.898. The van der Waals surface area contributed by atoms with Crippen molar-refractivity contribution in [2.24, 2.45) is 0 Å². The van der Waals surface area contributed by atoms with Crippen molar-refractivity contribution in [1.29, 1.82) is 0 Å². The fourth-order valence-corrected chi connectivity index (χ4v) is 1.91. The molecule has 20 heavy (non-hydrogen) atoms. The van der Waals surface area contributed by atoms with Crippen LogP contribution >= 0.6 is 15.9 Å². The van der Waals surface area contributed by atoms with Crippen molar-refractivity contribution in [2.75, 3.05) is 5.32 Å². The molecule has 0 bridgehead atoms. The maximum atomic E-state index is 12.0. The van der Waals surface area contributed by atoms with Gasteiger partial charge in [0.1, 0.15) is 5.69 Å². The van der Waals surface area contributed by atoms with Gasteiger partial charge in [0.15, 0.2) is 0 Å². The molecule has 2 aromatic rings. The van der Waals surface area contributed by atoms with Gasteiger partial charge in [-0.2, -0.15) is 0 Å². The highest BCUT2D eigenvalue weighted by Crippen LogP contribution is 2.21. The number of pyridine rings is 1. The highest BCUT2D eigenvalue weighted by molar-refractivity contribution is 9.10. The Bertz CT molecular complexity index is 669. The van der Waals surface area contributed by atoms with Crippen molar-refractivity contribution in [2.45, 2.75) is 6.92 Å². The van der Waals surface area contributed by atoms with Gasteiger partial charge in [-0.25, -0.2) is 9.78 Å². The molecule has 1 amide bonds. The number of nitrogens with one attached hydrogen (secondary N) is 1. The number of halogens is 1. The number of carbonyl (C=O) groups excluding carboxylic acids is 1. The highest BCUT2D eigenvalue weighted by Gasteiger charge is 2.09. The number of aryl methyl sites for hydroxylation is 1. The van der Waals surface area contributed by atoms with E-state index in [1.807, 2.05) is 13.0 Å². The molecule has 0 atom stereocenters. The lowest BCUT2D eigenvalue weighted by Crippen LogP contribution is -2.13. The predicted molar refractivity (Wildman–Crippen MR) is 78.0 cm³/mol. The molecule has 0 saturated carbocycles. The maximum absolute atomic E-state index is 12.0. The number of anilines is 1. The van der Waals surface area contributed by atoms with Crippen LogP contribution in [0.3, 0.4) is 0 Å². The number of carboxylic acids is 1. The van der Waals surface area contributed by atoms with Crippen LogP contribution in [-0.2, 0) is 0 Å². The Labute approximate surface area is 123 Å². The summed E-state index contributed by atoms with van der Waals surface area (Å²) in [6.07, 6.45) is 1.24. The number of rotatable bonds is 3. The summed E-state index contributed by atoms with van der Waals surface area (Å²) >= 11 is 3.39. The monoisotopic (exact) mass is 334 g/mol. The summed E-state index contributed by atoms with van der Waals surface area (Å²) in [6.45, 7) is 1.95. The van der Waals surface area contributed by atoms with Crippen molar-refractivity contribution < 1.29 is 14.7 Å². The van der Waals surface area contributed by atoms with Crippen LogP contribution in [0.5, 0.6) is 0 Å². The van der Waals surface area contributed by atoms with Crippen LogP contribution in [0.25, 0.3) is 0 Å². The highest BCUT2D eigenvalue weighted by atomic mass is 79.9. The lowest BCUT2D eigenvalue weighted by molar-refractivity contribution is 0.0690. The third-order valence-electron chi connectivity index (χ3n) is 2.67. The predicted octanol–water partition coefficient (Wildman–Crippen LogP) is 3.10. The van der Waals surface area contributed by atoms with Gasteiger partial charge >= 0.3 is 5.97 Å². The first-order chi connectivity index (χ1) is 9.47. The molecule has 1 aromatic heterocycles. The Morgan fingerprint density at radius 2 is 2.00 bits per heavy atom. The molecule has 0 spiro atoms. The molecule has 0 fully saturated rings. The molecule has 5 nitrogen and oxygen atoms in total. The molecule has 6 heteroatoms. The van der Waals surface area contributed by atoms with Crippen LogP contribution in [0.4, 0.5) is 5.69 Å². The molecule has 0 unspecified atom stereocenters. The number of hydrogen-bond acceptors (Lipinski definition) is 3. The van der Waals surface area contributed by atoms with Gasteiger partial charge in [-0.1, -0.05) is 22.0 Å². The van der Waals surface area contributed by atoms with E-state index in [9.17, 15) is 9.59 Å². The molecule has 1 aromatic carbocycles. The molecule has 102 valence electrons. The molecule has 0 aliphatic rings. The molecule has 0 saturated heterocycles. The van der Waals surface area contributed by atoms with E-state index in [0.717, 1.165) is 10.0 Å². The molecule has 1 heterocycles. The summed E-state index contributed by atoms with van der Waals surface area (Å²) in [4.78, 5) is 26.4. The van der Waals surface area contributed by atoms with Crippen LogP contribution in [0.1, 0.15) is 26.4 Å². The molecular formula is C14H11BrN2O3. The summed E-state index contributed by atoms with van der Waals surface area (Å²) in [5.41, 5.74) is 1.91. The van der Waals surface area contributed by atoms with Crippen LogP contribution < -0.4 is 5.32 Å². The van der Waals surface area contributed by atoms with Gasteiger partial charge in [-0.3, -0.25) is 4.79 Å². The van der Waals surface area contributed by atoms with E-state index in [1.165, 1.54) is 18.3 Å². The maximum Gasteiger partial charge on any atom is 0.354 e. The average molecular weight is 335 g/mol. The van der Waals surface area contributed by atoms with Crippen molar-refractivity contribution in [1.82, 2.24) is 4.98 Å². The Hall–Kier alpha value is -2.21. The Morgan fingerprint density at radius 3 is 2.55 bits per heavy atom. The number of carboxylic acid groups (broad SMARTS) is 1. The van der Waals surface area contributed by atoms with E-state index in [-0.39, 0.29) is 11.6 Å². The minimum Gasteiger partial charge on any atom is -0.477 e. The average Bonchev–Trinajstić information content (AvgIpc) is 2.43. The van der Waals surface area contributed by atoms with Gasteiger partial charge in [0.05, 0.1) is 5.56 Å². The first-order valence-corrected chi connectivity index (χ1v) is 6.53. The number of benzene rings is 1. The van der Waals surface area contributed by atoms with Gasteiger partial charge in [0.2, 0.25) is 0 Å². The number of aromatic nitrogens is 1. The van der Waals surface area contributed by atoms with E-state index in [0.29, 0.717) is 11.3 Å². The number of carbonyl (C=O) groups is 2. The van der Waals surface area contributed by atoms with E-state index in [4.69, 9.17) is 5.11 Å². The lowest BCUT2D eigenvalue weighted by atomic mass is 10.2. The van der Waals surface area contributed by atoms with Gasteiger partial charge in [-0.15, -0.1) is 0 Å². The van der Waals surface area contributed by atoms with Gasteiger partial charge in [-0.05, 0) is 36.8 Å². The smallest absolute Gasteiger partial charge is 0.354 e. The van der Waals surface area contributed by atoms with Crippen molar-refractivity contribution in [3.63, 3.8) is 0 Å². The van der Waals surface area contributed by atoms with Gasteiger partial charge < -0.3 is 10.4 Å². The Morgan fingerprint density at radius 1 is 1.25 bits per heavy atom. The Kier molecular flexibility index (Phi) is 4.14. The summed E-state index contributed by atoms with van der Waals surface area (Å²) in [5, 5.41) is 11.5. The van der Waals surface area contributed by atoms with E-state index in [1.54, 1.807) is 12.1 Å². The fraction of sp³-hybridized carbons (Fsp3) is 0.0714. The zero-order chi connectivity index (χ0) is 14.7. The largest absolute Gasteiger partial charge is 0.477 e. The molecule has 0 radical (unpaired) electrons. The minimum atomic E-state index is -1.13. The first kappa shape index (κ1) is 14.2. The molecule has 2 rings (SSSR count). The summed E-state index contributed by atoms with van der Waals surface area (Å²) in [7, 11) is 0. The van der Waals surface area contributed by atoms with Crippen molar-refractivity contribution >= 4 is 33.5 Å². The number of aromatic carboxylic acids is 1. The summed E-state index contributed by atoms with van der Waals surface area (Å²) in [6, 6.07) is 8.19. The van der Waals surface area contributed by atoms with Crippen LogP contribution in [-0.4, -0.2) is 22.0 Å². The first-order valence-electron chi connectivity index (χ1n) is 5.74. The molecular weight excluding hydrogens is 324 g/mol. The molecule has 0 aliphatic heterocycles. The number of hydrogen-bond donors (Lipinski definition) is 2. The summed E-state index contributed by atoms with van der Waals surface area (Å²) in [5.74, 6) is -1.47.